The second kappa shape index (κ2) is 20.1. The molecule has 2 aliphatic heterocycles. The van der Waals surface area contributed by atoms with Gasteiger partial charge in [0, 0.05) is 13.1 Å². The second-order valence-electron chi connectivity index (χ2n) is 12.2. The standard InChI is InChI=1S/C36H50N8O6/c1-9-15-25(39-31(37)27-19-13-21-43(27)33(45)29(23(3)4)41-35(47)49-7)17-11-12-18-26(16-10-2)40-32(38)28-20-14-22-44(28)34(46)30(24(5)6)42-36(48)50-8/h9-10,15-16,23-24,27-30H,1-2,13-14,19-22H2,3-8H3,(H2,37,39)(H2,38,40)(H,41,47)(H,42,48)/b25-15-,26-16-/t27-,28-,29-,30-/m0/s1. The molecular formula is C36H50N8O6. The summed E-state index contributed by atoms with van der Waals surface area (Å²) in [6.45, 7) is 15.7. The van der Waals surface area contributed by atoms with E-state index in [9.17, 15) is 19.2 Å². The lowest BCUT2D eigenvalue weighted by Crippen LogP contribution is -2.54. The topological polar surface area (TPSA) is 194 Å². The smallest absolute Gasteiger partial charge is 0.407 e. The van der Waals surface area contributed by atoms with Crippen molar-refractivity contribution in [1.82, 2.24) is 20.4 Å². The minimum Gasteiger partial charge on any atom is -0.453 e. The second-order valence-corrected chi connectivity index (χ2v) is 12.2. The largest absolute Gasteiger partial charge is 0.453 e. The van der Waals surface area contributed by atoms with Gasteiger partial charge in [0.2, 0.25) is 11.8 Å². The number of allylic oxidation sites excluding steroid dienone is 6. The number of likely N-dealkylation sites (tertiary alicyclic amines) is 2. The molecular weight excluding hydrogens is 640 g/mol. The van der Waals surface area contributed by atoms with Crippen LogP contribution in [0.5, 0.6) is 0 Å². The molecule has 2 heterocycles. The Morgan fingerprint density at radius 1 is 0.740 bits per heavy atom. The molecule has 6 N–H and O–H groups in total. The molecule has 0 unspecified atom stereocenters. The maximum Gasteiger partial charge on any atom is 0.407 e. The summed E-state index contributed by atoms with van der Waals surface area (Å²) in [5.74, 6) is 10.6. The average Bonchev–Trinajstić information content (AvgIpc) is 3.78. The van der Waals surface area contributed by atoms with Gasteiger partial charge in [-0.3, -0.25) is 9.59 Å². The fraction of sp³-hybridized carbons (Fsp3) is 0.500. The maximum absolute atomic E-state index is 13.4. The predicted octanol–water partition coefficient (Wildman–Crippen LogP) is 2.59. The summed E-state index contributed by atoms with van der Waals surface area (Å²) in [5.41, 5.74) is 13.4. The van der Waals surface area contributed by atoms with Gasteiger partial charge in [-0.05, 0) is 73.4 Å². The first-order chi connectivity index (χ1) is 23.8. The molecule has 2 aliphatic rings. The van der Waals surface area contributed by atoms with Gasteiger partial charge in [-0.15, -0.1) is 0 Å². The van der Waals surface area contributed by atoms with E-state index in [0.717, 1.165) is 0 Å². The van der Waals surface area contributed by atoms with Crippen molar-refractivity contribution in [3.05, 3.63) is 48.9 Å². The molecule has 2 fully saturated rings. The number of nitrogens with two attached hydrogens (primary N) is 2. The number of hydrogen-bond donors (Lipinski definition) is 4. The molecule has 0 radical (unpaired) electrons. The van der Waals surface area contributed by atoms with Crippen LogP contribution in [0.2, 0.25) is 0 Å². The molecule has 270 valence electrons. The van der Waals surface area contributed by atoms with Gasteiger partial charge in [0.05, 0.1) is 26.3 Å². The highest BCUT2D eigenvalue weighted by Gasteiger charge is 2.38. The molecule has 0 aromatic carbocycles. The van der Waals surface area contributed by atoms with Crippen molar-refractivity contribution >= 4 is 35.7 Å². The lowest BCUT2D eigenvalue weighted by Gasteiger charge is -2.30. The highest BCUT2D eigenvalue weighted by molar-refractivity contribution is 5.95. The molecule has 2 rings (SSSR count). The number of carbonyl (C=O) groups excluding carboxylic acids is 4. The summed E-state index contributed by atoms with van der Waals surface area (Å²) in [7, 11) is 2.48. The average molecular weight is 691 g/mol. The van der Waals surface area contributed by atoms with Gasteiger partial charge >= 0.3 is 12.2 Å². The number of alkyl carbamates (subject to hydrolysis) is 2. The zero-order chi connectivity index (χ0) is 37.4. The molecule has 0 spiro atoms. The minimum absolute atomic E-state index is 0.187. The van der Waals surface area contributed by atoms with Crippen LogP contribution in [0, 0.1) is 35.5 Å². The Morgan fingerprint density at radius 3 is 1.40 bits per heavy atom. The van der Waals surface area contributed by atoms with E-state index in [1.807, 2.05) is 27.7 Å². The molecule has 50 heavy (non-hydrogen) atoms. The number of hydrogen-bond acceptors (Lipinski definition) is 8. The van der Waals surface area contributed by atoms with Crippen molar-refractivity contribution in [3.8, 4) is 23.7 Å². The third-order valence-electron chi connectivity index (χ3n) is 8.03. The number of nitrogens with one attached hydrogen (secondary N) is 2. The van der Waals surface area contributed by atoms with E-state index in [1.54, 1.807) is 22.0 Å². The molecule has 14 nitrogen and oxygen atoms in total. The molecule has 0 aromatic rings. The fourth-order valence-corrected chi connectivity index (χ4v) is 5.49. The van der Waals surface area contributed by atoms with Crippen molar-refractivity contribution in [2.75, 3.05) is 27.3 Å². The van der Waals surface area contributed by atoms with Crippen LogP contribution in [0.4, 0.5) is 9.59 Å². The van der Waals surface area contributed by atoms with Crippen LogP contribution < -0.4 is 22.1 Å². The van der Waals surface area contributed by atoms with E-state index in [-0.39, 0.29) is 46.7 Å². The summed E-state index contributed by atoms with van der Waals surface area (Å²) in [6, 6.07) is -2.56. The fourth-order valence-electron chi connectivity index (χ4n) is 5.49. The van der Waals surface area contributed by atoms with Gasteiger partial charge in [0.15, 0.2) is 0 Å². The summed E-state index contributed by atoms with van der Waals surface area (Å²) in [5, 5.41) is 5.22. The van der Waals surface area contributed by atoms with Gasteiger partial charge in [0.25, 0.3) is 0 Å². The minimum atomic E-state index is -0.790. The van der Waals surface area contributed by atoms with Gasteiger partial charge < -0.3 is 41.4 Å². The van der Waals surface area contributed by atoms with Crippen LogP contribution in [0.1, 0.15) is 53.4 Å². The zero-order valence-corrected chi connectivity index (χ0v) is 29.8. The lowest BCUT2D eigenvalue weighted by atomic mass is 10.0. The Morgan fingerprint density at radius 2 is 1.10 bits per heavy atom. The highest BCUT2D eigenvalue weighted by Crippen LogP contribution is 2.22. The first-order valence-electron chi connectivity index (χ1n) is 16.4. The summed E-state index contributed by atoms with van der Waals surface area (Å²) < 4.78 is 9.39. The predicted molar refractivity (Wildman–Crippen MR) is 193 cm³/mol. The number of carbonyl (C=O) groups is 4. The highest BCUT2D eigenvalue weighted by atomic mass is 16.5. The van der Waals surface area contributed by atoms with E-state index in [1.165, 1.54) is 26.4 Å². The SMILES string of the molecule is C=C/C=C(C#CC#CC(=C/C=C)/N=C(\N)[C@@H]1CCCN1C(=O)[C@@H](NC(=O)OC)C(C)C)\N=C(/N)[C@@H]1CCCN1C(=O)[C@@H](NC(=O)OC)C(C)C. The molecule has 4 atom stereocenters. The van der Waals surface area contributed by atoms with Crippen LogP contribution in [-0.2, 0) is 19.1 Å². The Hall–Kier alpha value is -5.50. The summed E-state index contributed by atoms with van der Waals surface area (Å²) in [6.07, 6.45) is 7.39. The van der Waals surface area contributed by atoms with Crippen LogP contribution in [0.3, 0.4) is 0 Å². The Labute approximate surface area is 295 Å². The van der Waals surface area contributed by atoms with Gasteiger partial charge in [0.1, 0.15) is 35.1 Å². The van der Waals surface area contributed by atoms with Crippen molar-refractivity contribution in [1.29, 1.82) is 0 Å². The number of amides is 4. The molecule has 0 aromatic heterocycles. The maximum atomic E-state index is 13.4. The number of ether oxygens (including phenoxy) is 2. The number of aliphatic imine (C=N–C) groups is 2. The summed E-state index contributed by atoms with van der Waals surface area (Å²) >= 11 is 0. The van der Waals surface area contributed by atoms with Crippen molar-refractivity contribution < 1.29 is 28.7 Å². The zero-order valence-electron chi connectivity index (χ0n) is 29.8. The third-order valence-corrected chi connectivity index (χ3v) is 8.03. The Kier molecular flexibility index (Phi) is 16.4. The molecule has 0 aliphatic carbocycles. The van der Waals surface area contributed by atoms with Crippen molar-refractivity contribution in [3.63, 3.8) is 0 Å². The first-order valence-corrected chi connectivity index (χ1v) is 16.4. The third kappa shape index (κ3) is 11.6. The van der Waals surface area contributed by atoms with E-state index in [2.05, 4.69) is 57.5 Å². The van der Waals surface area contributed by atoms with Crippen LogP contribution in [0.15, 0.2) is 58.8 Å². The molecule has 0 saturated carbocycles. The van der Waals surface area contributed by atoms with Crippen molar-refractivity contribution in [2.45, 2.75) is 77.5 Å². The van der Waals surface area contributed by atoms with E-state index in [4.69, 9.17) is 20.9 Å². The van der Waals surface area contributed by atoms with Gasteiger partial charge in [-0.1, -0.05) is 53.0 Å². The molecule has 2 saturated heterocycles. The molecule has 14 heteroatoms. The normalized spacial score (nSPS) is 19.4. The van der Waals surface area contributed by atoms with Crippen molar-refractivity contribution in [2.24, 2.45) is 33.3 Å². The van der Waals surface area contributed by atoms with Gasteiger partial charge in [-0.25, -0.2) is 19.6 Å². The van der Waals surface area contributed by atoms with E-state index in [0.29, 0.717) is 38.8 Å². The monoisotopic (exact) mass is 690 g/mol. The van der Waals surface area contributed by atoms with Crippen LogP contribution >= 0.6 is 0 Å². The first kappa shape index (κ1) is 40.7. The molecule has 0 bridgehead atoms. The summed E-state index contributed by atoms with van der Waals surface area (Å²) in [4.78, 5) is 62.7. The Bertz CT molecular complexity index is 1420. The van der Waals surface area contributed by atoms with Crippen LogP contribution in [0.25, 0.3) is 0 Å². The molecule has 4 amide bonds. The van der Waals surface area contributed by atoms with E-state index >= 15 is 0 Å². The number of nitrogens with zero attached hydrogens (tertiary/aromatic N) is 4. The number of rotatable bonds is 12. The van der Waals surface area contributed by atoms with Gasteiger partial charge in [-0.2, -0.15) is 0 Å². The lowest BCUT2D eigenvalue weighted by molar-refractivity contribution is -0.134. The number of amidine groups is 2. The quantitative estimate of drug-likeness (QED) is 0.104. The van der Waals surface area contributed by atoms with E-state index < -0.39 is 36.4 Å². The van der Waals surface area contributed by atoms with Crippen LogP contribution in [-0.4, -0.2) is 96.9 Å². The Balaban J connectivity index is 2.27. The number of methoxy groups -OCH3 is 2.